The molecular formula is C12H15N5O2. The molecule has 0 radical (unpaired) electrons. The zero-order chi connectivity index (χ0) is 12.7. The molecule has 3 aliphatic rings. The van der Waals surface area contributed by atoms with Crippen LogP contribution < -0.4 is 4.90 Å². The van der Waals surface area contributed by atoms with Gasteiger partial charge in [-0.05, 0) is 12.8 Å². The van der Waals surface area contributed by atoms with E-state index >= 15 is 0 Å². The highest BCUT2D eigenvalue weighted by molar-refractivity contribution is 5.46. The second kappa shape index (κ2) is 4.34. The molecule has 0 N–H and O–H groups in total. The number of nitrogens with zero attached hydrogens (tertiary/aromatic N) is 5. The average Bonchev–Trinajstić information content (AvgIpc) is 3.05. The minimum absolute atomic E-state index is 0.419. The number of anilines is 1. The highest BCUT2D eigenvalue weighted by atomic mass is 16.5. The molecule has 2 bridgehead atoms. The molecule has 2 aromatic rings. The van der Waals surface area contributed by atoms with Crippen LogP contribution >= 0.6 is 0 Å². The Hall–Kier alpha value is -1.89. The summed E-state index contributed by atoms with van der Waals surface area (Å²) in [5.41, 5.74) is 0.585. The maximum atomic E-state index is 5.74. The van der Waals surface area contributed by atoms with Crippen molar-refractivity contribution < 1.29 is 8.94 Å². The van der Waals surface area contributed by atoms with Crippen LogP contribution in [0.5, 0.6) is 0 Å². The van der Waals surface area contributed by atoms with Gasteiger partial charge in [0.2, 0.25) is 0 Å². The van der Waals surface area contributed by atoms with Crippen LogP contribution in [-0.4, -0.2) is 52.5 Å². The molecular weight excluding hydrogens is 246 g/mol. The summed E-state index contributed by atoms with van der Waals surface area (Å²) in [6, 6.07) is 2.84. The summed E-state index contributed by atoms with van der Waals surface area (Å²) in [6.45, 7) is 4.36. The van der Waals surface area contributed by atoms with Gasteiger partial charge in [-0.3, -0.25) is 0 Å². The molecule has 0 saturated carbocycles. The first-order valence-corrected chi connectivity index (χ1v) is 6.63. The first-order valence-electron chi connectivity index (χ1n) is 6.63. The van der Waals surface area contributed by atoms with Gasteiger partial charge in [-0.15, -0.1) is 5.10 Å². The van der Waals surface area contributed by atoms with Gasteiger partial charge in [0.1, 0.15) is 6.26 Å². The van der Waals surface area contributed by atoms with E-state index in [1.54, 1.807) is 6.07 Å². The topological polar surface area (TPSA) is 71.4 Å². The summed E-state index contributed by atoms with van der Waals surface area (Å²) < 4.78 is 10.5. The van der Waals surface area contributed by atoms with E-state index in [1.807, 2.05) is 0 Å². The summed E-state index contributed by atoms with van der Waals surface area (Å²) >= 11 is 0. The number of aromatic nitrogens is 3. The first-order chi connectivity index (χ1) is 9.40. The third-order valence-electron chi connectivity index (χ3n) is 3.97. The lowest BCUT2D eigenvalue weighted by molar-refractivity contribution is 0.249. The molecule has 3 aliphatic heterocycles. The van der Waals surface area contributed by atoms with Crippen molar-refractivity contribution in [3.63, 3.8) is 0 Å². The van der Waals surface area contributed by atoms with Crippen molar-refractivity contribution in [1.29, 1.82) is 0 Å². The number of piperidine rings is 1. The number of hydrogen-bond acceptors (Lipinski definition) is 7. The molecule has 3 fully saturated rings. The fourth-order valence-electron chi connectivity index (χ4n) is 2.90. The molecule has 100 valence electrons. The zero-order valence-corrected chi connectivity index (χ0v) is 10.5. The van der Waals surface area contributed by atoms with Crippen molar-refractivity contribution in [3.8, 4) is 11.6 Å². The molecule has 2 aromatic heterocycles. The lowest BCUT2D eigenvalue weighted by Crippen LogP contribution is -2.38. The fraction of sp³-hybridized carbons (Fsp3) is 0.583. The molecule has 0 aliphatic carbocycles. The third kappa shape index (κ3) is 1.90. The average molecular weight is 261 g/mol. The van der Waals surface area contributed by atoms with Gasteiger partial charge in [0.15, 0.2) is 5.69 Å². The molecule has 0 unspecified atom stereocenters. The van der Waals surface area contributed by atoms with E-state index in [2.05, 4.69) is 25.2 Å². The lowest BCUT2D eigenvalue weighted by atomic mass is 10.1. The predicted octanol–water partition coefficient (Wildman–Crippen LogP) is 1.01. The summed E-state index contributed by atoms with van der Waals surface area (Å²) in [6.07, 6.45) is 3.84. The summed E-state index contributed by atoms with van der Waals surface area (Å²) in [5.74, 6) is 0.419. The molecule has 0 aromatic carbocycles. The number of rotatable bonds is 2. The Morgan fingerprint density at radius 3 is 2.79 bits per heavy atom. The number of fused-ring (bicyclic) bond motifs is 4. The van der Waals surface area contributed by atoms with Gasteiger partial charge in [-0.1, -0.05) is 10.3 Å². The fourth-order valence-corrected chi connectivity index (χ4v) is 2.90. The van der Waals surface area contributed by atoms with E-state index < -0.39 is 0 Å². The maximum Gasteiger partial charge on any atom is 0.318 e. The molecule has 0 amide bonds. The van der Waals surface area contributed by atoms with E-state index in [0.29, 0.717) is 23.6 Å². The van der Waals surface area contributed by atoms with Crippen LogP contribution in [0.3, 0.4) is 0 Å². The Balaban J connectivity index is 1.62. The Labute approximate surface area is 110 Å². The Morgan fingerprint density at radius 1 is 1.11 bits per heavy atom. The molecule has 7 heteroatoms. The van der Waals surface area contributed by atoms with Gasteiger partial charge < -0.3 is 18.7 Å². The first kappa shape index (κ1) is 11.0. The van der Waals surface area contributed by atoms with E-state index in [9.17, 15) is 0 Å². The van der Waals surface area contributed by atoms with Crippen LogP contribution in [0.4, 0.5) is 6.01 Å². The molecule has 0 spiro atoms. The van der Waals surface area contributed by atoms with Gasteiger partial charge in [-0.25, -0.2) is 0 Å². The number of hydrogen-bond donors (Lipinski definition) is 0. The van der Waals surface area contributed by atoms with Crippen LogP contribution in [0.1, 0.15) is 12.8 Å². The van der Waals surface area contributed by atoms with Crippen LogP contribution in [0.15, 0.2) is 21.3 Å². The smallest absolute Gasteiger partial charge is 0.318 e. The van der Waals surface area contributed by atoms with Crippen molar-refractivity contribution in [2.45, 2.75) is 18.9 Å². The Kier molecular flexibility index (Phi) is 2.51. The quantitative estimate of drug-likeness (QED) is 0.798. The predicted molar refractivity (Wildman–Crippen MR) is 66.6 cm³/mol. The maximum absolute atomic E-state index is 5.74. The third-order valence-corrected chi connectivity index (χ3v) is 3.97. The second-order valence-electron chi connectivity index (χ2n) is 5.04. The van der Waals surface area contributed by atoms with E-state index in [1.165, 1.54) is 32.2 Å². The van der Waals surface area contributed by atoms with Crippen LogP contribution in [0.2, 0.25) is 0 Å². The minimum atomic E-state index is 0.419. The van der Waals surface area contributed by atoms with Crippen molar-refractivity contribution in [3.05, 3.63) is 12.3 Å². The molecule has 7 nitrogen and oxygen atoms in total. The second-order valence-corrected chi connectivity index (χ2v) is 5.04. The standard InChI is InChI=1S/C12H15N5O2/c1-4-16-5-2-9(1)17(7-6-16)12-14-13-11(19-12)10-3-8-18-15-10/h3,8-9H,1-2,4-7H2. The zero-order valence-electron chi connectivity index (χ0n) is 10.5. The highest BCUT2D eigenvalue weighted by Crippen LogP contribution is 2.27. The largest absolute Gasteiger partial charge is 0.401 e. The Bertz CT molecular complexity index is 544. The van der Waals surface area contributed by atoms with Crippen LogP contribution in [-0.2, 0) is 0 Å². The van der Waals surface area contributed by atoms with Gasteiger partial charge >= 0.3 is 6.01 Å². The summed E-state index contributed by atoms with van der Waals surface area (Å²) in [5, 5.41) is 12.0. The van der Waals surface area contributed by atoms with Crippen molar-refractivity contribution in [2.75, 3.05) is 31.1 Å². The van der Waals surface area contributed by atoms with Crippen molar-refractivity contribution in [2.24, 2.45) is 0 Å². The molecule has 19 heavy (non-hydrogen) atoms. The van der Waals surface area contributed by atoms with Crippen molar-refractivity contribution >= 4 is 6.01 Å². The van der Waals surface area contributed by atoms with E-state index in [-0.39, 0.29) is 0 Å². The summed E-state index contributed by atoms with van der Waals surface area (Å²) in [7, 11) is 0. The summed E-state index contributed by atoms with van der Waals surface area (Å²) in [4.78, 5) is 4.73. The molecule has 3 saturated heterocycles. The van der Waals surface area contributed by atoms with Gasteiger partial charge in [0, 0.05) is 38.3 Å². The van der Waals surface area contributed by atoms with E-state index in [0.717, 1.165) is 13.1 Å². The molecule has 5 heterocycles. The lowest BCUT2D eigenvalue weighted by Gasteiger charge is -2.29. The van der Waals surface area contributed by atoms with Gasteiger partial charge in [-0.2, -0.15) is 0 Å². The minimum Gasteiger partial charge on any atom is -0.401 e. The normalized spacial score (nSPS) is 26.6. The van der Waals surface area contributed by atoms with Crippen LogP contribution in [0, 0.1) is 0 Å². The van der Waals surface area contributed by atoms with Gasteiger partial charge in [0.05, 0.1) is 0 Å². The van der Waals surface area contributed by atoms with E-state index in [4.69, 9.17) is 8.94 Å². The Morgan fingerprint density at radius 2 is 2.00 bits per heavy atom. The van der Waals surface area contributed by atoms with Crippen molar-refractivity contribution in [1.82, 2.24) is 20.3 Å². The SMILES string of the molecule is c1cc(-c2nnc(N3CCN4CCC3CC4)o2)no1. The highest BCUT2D eigenvalue weighted by Gasteiger charge is 2.32. The monoisotopic (exact) mass is 261 g/mol. The van der Waals surface area contributed by atoms with Crippen LogP contribution in [0.25, 0.3) is 11.6 Å². The molecule has 0 atom stereocenters. The van der Waals surface area contributed by atoms with Gasteiger partial charge in [0.25, 0.3) is 5.89 Å². The molecule has 5 rings (SSSR count).